The molecule has 3 nitrogen and oxygen atoms in total. The van der Waals surface area contributed by atoms with Crippen molar-refractivity contribution in [2.45, 2.75) is 32.2 Å². The van der Waals surface area contributed by atoms with E-state index in [1.54, 1.807) is 0 Å². The Hall–Kier alpha value is -0.730. The van der Waals surface area contributed by atoms with Crippen molar-refractivity contribution in [1.29, 1.82) is 0 Å². The van der Waals surface area contributed by atoms with Gasteiger partial charge in [0.25, 0.3) is 0 Å². The number of guanidine groups is 1. The van der Waals surface area contributed by atoms with Gasteiger partial charge >= 0.3 is 0 Å². The van der Waals surface area contributed by atoms with Crippen LogP contribution in [0.5, 0.6) is 0 Å². The molecule has 0 heterocycles. The van der Waals surface area contributed by atoms with E-state index in [0.717, 1.165) is 5.92 Å². The van der Waals surface area contributed by atoms with Crippen LogP contribution < -0.4 is 11.5 Å². The first kappa shape index (κ1) is 7.38. The summed E-state index contributed by atoms with van der Waals surface area (Å²) in [6.45, 7) is 2.19. The van der Waals surface area contributed by atoms with Gasteiger partial charge in [-0.05, 0) is 18.8 Å². The molecule has 0 aliphatic heterocycles. The van der Waals surface area contributed by atoms with Crippen LogP contribution in [-0.2, 0) is 0 Å². The van der Waals surface area contributed by atoms with Crippen molar-refractivity contribution in [1.82, 2.24) is 0 Å². The van der Waals surface area contributed by atoms with Gasteiger partial charge in [0.2, 0.25) is 0 Å². The van der Waals surface area contributed by atoms with E-state index in [0.29, 0.717) is 6.04 Å². The molecule has 4 N–H and O–H groups in total. The Bertz CT molecular complexity index is 138. The van der Waals surface area contributed by atoms with Crippen molar-refractivity contribution in [3.8, 4) is 0 Å². The van der Waals surface area contributed by atoms with E-state index in [4.69, 9.17) is 11.5 Å². The second-order valence-corrected chi connectivity index (χ2v) is 2.91. The third-order valence-corrected chi connectivity index (χ3v) is 1.86. The second kappa shape index (κ2) is 2.90. The maximum Gasteiger partial charge on any atom is 0.186 e. The van der Waals surface area contributed by atoms with Gasteiger partial charge in [0.15, 0.2) is 5.96 Å². The standard InChI is InChI=1S/C7H15N3/c1-2-3-5-4-6(5)10-7(8)9/h5-6H,2-4H2,1H3,(H4,8,9,10)/t5-,6-/m1/s1. The fourth-order valence-corrected chi connectivity index (χ4v) is 1.26. The van der Waals surface area contributed by atoms with Crippen molar-refractivity contribution >= 4 is 5.96 Å². The number of nitrogens with zero attached hydrogens (tertiary/aromatic N) is 1. The second-order valence-electron chi connectivity index (χ2n) is 2.91. The molecular weight excluding hydrogens is 126 g/mol. The van der Waals surface area contributed by atoms with Crippen LogP contribution in [0.1, 0.15) is 26.2 Å². The van der Waals surface area contributed by atoms with Gasteiger partial charge < -0.3 is 11.5 Å². The molecule has 1 saturated carbocycles. The van der Waals surface area contributed by atoms with E-state index in [1.165, 1.54) is 19.3 Å². The highest BCUT2D eigenvalue weighted by Crippen LogP contribution is 2.37. The molecule has 1 aliphatic rings. The Morgan fingerprint density at radius 2 is 2.30 bits per heavy atom. The summed E-state index contributed by atoms with van der Waals surface area (Å²) >= 11 is 0. The van der Waals surface area contributed by atoms with Crippen LogP contribution in [0.25, 0.3) is 0 Å². The zero-order valence-electron chi connectivity index (χ0n) is 6.38. The van der Waals surface area contributed by atoms with Gasteiger partial charge in [-0.25, -0.2) is 0 Å². The molecule has 58 valence electrons. The van der Waals surface area contributed by atoms with Gasteiger partial charge in [-0.2, -0.15) is 0 Å². The minimum Gasteiger partial charge on any atom is -0.370 e. The first-order valence-electron chi connectivity index (χ1n) is 3.82. The third-order valence-electron chi connectivity index (χ3n) is 1.86. The molecule has 1 rings (SSSR count). The van der Waals surface area contributed by atoms with Crippen molar-refractivity contribution in [2.24, 2.45) is 22.4 Å². The summed E-state index contributed by atoms with van der Waals surface area (Å²) < 4.78 is 0. The van der Waals surface area contributed by atoms with E-state index >= 15 is 0 Å². The van der Waals surface area contributed by atoms with E-state index in [9.17, 15) is 0 Å². The zero-order valence-corrected chi connectivity index (χ0v) is 6.38. The third kappa shape index (κ3) is 1.90. The molecule has 10 heavy (non-hydrogen) atoms. The summed E-state index contributed by atoms with van der Waals surface area (Å²) in [6.07, 6.45) is 3.69. The summed E-state index contributed by atoms with van der Waals surface area (Å²) in [5.41, 5.74) is 10.4. The maximum atomic E-state index is 5.22. The smallest absolute Gasteiger partial charge is 0.186 e. The van der Waals surface area contributed by atoms with Crippen molar-refractivity contribution in [3.05, 3.63) is 0 Å². The van der Waals surface area contributed by atoms with Crippen LogP contribution >= 0.6 is 0 Å². The molecule has 0 spiro atoms. The Kier molecular flexibility index (Phi) is 2.14. The lowest BCUT2D eigenvalue weighted by molar-refractivity contribution is 0.683. The predicted octanol–water partition coefficient (Wildman–Crippen LogP) is 0.448. The minimum absolute atomic E-state index is 0.239. The molecule has 0 unspecified atom stereocenters. The number of hydrogen-bond donors (Lipinski definition) is 2. The normalized spacial score (nSPS) is 29.7. The highest BCUT2D eigenvalue weighted by atomic mass is 15.0. The monoisotopic (exact) mass is 141 g/mol. The highest BCUT2D eigenvalue weighted by Gasteiger charge is 2.35. The van der Waals surface area contributed by atoms with Gasteiger partial charge in [0.05, 0.1) is 6.04 Å². The van der Waals surface area contributed by atoms with Gasteiger partial charge in [0.1, 0.15) is 0 Å². The van der Waals surface area contributed by atoms with Crippen LogP contribution in [-0.4, -0.2) is 12.0 Å². The molecule has 0 aromatic carbocycles. The molecular formula is C7H15N3. The SMILES string of the molecule is CCC[C@@H]1C[C@H]1N=C(N)N. The Morgan fingerprint density at radius 3 is 2.80 bits per heavy atom. The Balaban J connectivity index is 2.19. The summed E-state index contributed by atoms with van der Waals surface area (Å²) in [5, 5.41) is 0. The Labute approximate surface area is 61.5 Å². The van der Waals surface area contributed by atoms with E-state index in [2.05, 4.69) is 11.9 Å². The molecule has 0 radical (unpaired) electrons. The number of nitrogens with two attached hydrogens (primary N) is 2. The Morgan fingerprint density at radius 1 is 1.60 bits per heavy atom. The molecule has 0 aromatic rings. The topological polar surface area (TPSA) is 64.4 Å². The van der Waals surface area contributed by atoms with Crippen LogP contribution in [0, 0.1) is 5.92 Å². The van der Waals surface area contributed by atoms with Crippen molar-refractivity contribution in [3.63, 3.8) is 0 Å². The minimum atomic E-state index is 0.239. The van der Waals surface area contributed by atoms with Crippen LogP contribution in [0.2, 0.25) is 0 Å². The lowest BCUT2D eigenvalue weighted by Gasteiger charge is -1.91. The first-order chi connectivity index (χ1) is 4.74. The van der Waals surface area contributed by atoms with E-state index in [-0.39, 0.29) is 5.96 Å². The van der Waals surface area contributed by atoms with Crippen molar-refractivity contribution < 1.29 is 0 Å². The molecule has 1 fully saturated rings. The number of hydrogen-bond acceptors (Lipinski definition) is 1. The quantitative estimate of drug-likeness (QED) is 0.442. The van der Waals surface area contributed by atoms with Crippen LogP contribution in [0.4, 0.5) is 0 Å². The van der Waals surface area contributed by atoms with E-state index in [1.807, 2.05) is 0 Å². The molecule has 2 atom stereocenters. The molecule has 0 aromatic heterocycles. The molecule has 0 bridgehead atoms. The lowest BCUT2D eigenvalue weighted by Crippen LogP contribution is -2.23. The summed E-state index contributed by atoms with van der Waals surface area (Å²) in [7, 11) is 0. The molecule has 3 heteroatoms. The lowest BCUT2D eigenvalue weighted by atomic mass is 10.2. The molecule has 0 amide bonds. The van der Waals surface area contributed by atoms with Gasteiger partial charge in [0, 0.05) is 0 Å². The highest BCUT2D eigenvalue weighted by molar-refractivity contribution is 5.76. The molecule has 0 saturated heterocycles. The average Bonchev–Trinajstić information content (AvgIpc) is 2.47. The summed E-state index contributed by atoms with van der Waals surface area (Å²) in [5.74, 6) is 1.01. The fraction of sp³-hybridized carbons (Fsp3) is 0.857. The van der Waals surface area contributed by atoms with E-state index < -0.39 is 0 Å². The van der Waals surface area contributed by atoms with Gasteiger partial charge in [-0.3, -0.25) is 4.99 Å². The average molecular weight is 141 g/mol. The largest absolute Gasteiger partial charge is 0.370 e. The predicted molar refractivity (Wildman–Crippen MR) is 42.6 cm³/mol. The van der Waals surface area contributed by atoms with Crippen LogP contribution in [0.15, 0.2) is 4.99 Å². The number of aliphatic imine (C=N–C) groups is 1. The first-order valence-corrected chi connectivity index (χ1v) is 3.82. The summed E-state index contributed by atoms with van der Waals surface area (Å²) in [4.78, 5) is 4.06. The van der Waals surface area contributed by atoms with Gasteiger partial charge in [-0.15, -0.1) is 0 Å². The number of rotatable bonds is 3. The van der Waals surface area contributed by atoms with Crippen LogP contribution in [0.3, 0.4) is 0 Å². The van der Waals surface area contributed by atoms with Crippen molar-refractivity contribution in [2.75, 3.05) is 0 Å². The zero-order chi connectivity index (χ0) is 7.56. The fourth-order valence-electron chi connectivity index (χ4n) is 1.26. The molecule has 1 aliphatic carbocycles. The van der Waals surface area contributed by atoms with Gasteiger partial charge in [-0.1, -0.05) is 13.3 Å². The summed E-state index contributed by atoms with van der Waals surface area (Å²) in [6, 6.07) is 0.449. The maximum absolute atomic E-state index is 5.22.